The first-order valence-electron chi connectivity index (χ1n) is 25.4. The summed E-state index contributed by atoms with van der Waals surface area (Å²) < 4.78 is 12.9. The van der Waals surface area contributed by atoms with Crippen molar-refractivity contribution in [3.8, 4) is 11.5 Å². The zero-order valence-electron chi connectivity index (χ0n) is 40.2. The molecule has 10 rings (SSSR count). The Morgan fingerprint density at radius 3 is 1.41 bits per heavy atom. The summed E-state index contributed by atoms with van der Waals surface area (Å²) in [4.78, 5) is 28.3. The highest BCUT2D eigenvalue weighted by atomic mass is 35.5. The number of anilines is 2. The number of carboxylic acids is 2. The number of fused-ring (bicyclic) bond motifs is 6. The molecule has 2 spiro atoms. The van der Waals surface area contributed by atoms with E-state index in [9.17, 15) is 30.0 Å². The molecule has 2 heterocycles. The van der Waals surface area contributed by atoms with Crippen LogP contribution in [0.25, 0.3) is 0 Å². The molecule has 0 saturated heterocycles. The van der Waals surface area contributed by atoms with Crippen LogP contribution in [-0.2, 0) is 23.7 Å². The highest BCUT2D eigenvalue weighted by Crippen LogP contribution is 2.49. The van der Waals surface area contributed by atoms with Crippen LogP contribution in [0.5, 0.6) is 11.5 Å². The van der Waals surface area contributed by atoms with Gasteiger partial charge >= 0.3 is 11.9 Å². The van der Waals surface area contributed by atoms with Gasteiger partial charge in [-0.3, -0.25) is 0 Å². The van der Waals surface area contributed by atoms with Crippen LogP contribution in [0.15, 0.2) is 98.1 Å². The summed E-state index contributed by atoms with van der Waals surface area (Å²) in [7, 11) is 0. The fourth-order valence-corrected chi connectivity index (χ4v) is 13.1. The van der Waals surface area contributed by atoms with Crippen LogP contribution in [0.1, 0.15) is 120 Å². The van der Waals surface area contributed by atoms with Gasteiger partial charge in [-0.25, -0.2) is 9.59 Å². The number of halogens is 2. The van der Waals surface area contributed by atoms with Crippen LogP contribution in [-0.4, -0.2) is 84.0 Å². The number of aliphatic hydroxyl groups is 2. The normalized spacial score (nSPS) is 26.1. The van der Waals surface area contributed by atoms with Gasteiger partial charge in [-0.1, -0.05) is 47.5 Å². The molecule has 70 heavy (non-hydrogen) atoms. The lowest BCUT2D eigenvalue weighted by atomic mass is 9.68. The van der Waals surface area contributed by atoms with E-state index >= 15 is 0 Å². The van der Waals surface area contributed by atoms with Gasteiger partial charge in [0.1, 0.15) is 11.5 Å². The third-order valence-corrected chi connectivity index (χ3v) is 17.1. The molecule has 10 nitrogen and oxygen atoms in total. The first kappa shape index (κ1) is 50.0. The molecule has 4 N–H and O–H groups in total. The van der Waals surface area contributed by atoms with Gasteiger partial charge < -0.3 is 39.7 Å². The third kappa shape index (κ3) is 10.6. The van der Waals surface area contributed by atoms with E-state index in [4.69, 9.17) is 32.7 Å². The number of carboxylic acid groups (broad SMARTS) is 2. The lowest BCUT2D eigenvalue weighted by Crippen LogP contribution is -2.48. The maximum absolute atomic E-state index is 11.8. The molecule has 4 aliphatic carbocycles. The molecule has 4 aromatic rings. The van der Waals surface area contributed by atoms with Gasteiger partial charge in [0.05, 0.1) is 47.9 Å². The largest absolute Gasteiger partial charge is 0.490 e. The molecule has 12 heteroatoms. The topological polar surface area (TPSA) is 140 Å². The maximum Gasteiger partial charge on any atom is 0.335 e. The minimum absolute atomic E-state index is 0.178. The van der Waals surface area contributed by atoms with E-state index in [1.54, 1.807) is 36.4 Å². The molecule has 0 unspecified atom stereocenters. The average molecular weight is 992 g/mol. The van der Waals surface area contributed by atoms with Crippen LogP contribution < -0.4 is 19.3 Å². The van der Waals surface area contributed by atoms with Crippen LogP contribution in [0, 0.1) is 23.7 Å². The van der Waals surface area contributed by atoms with E-state index < -0.39 is 11.9 Å². The molecule has 8 atom stereocenters. The van der Waals surface area contributed by atoms with Crippen LogP contribution in [0.4, 0.5) is 11.4 Å². The zero-order valence-corrected chi connectivity index (χ0v) is 41.7. The summed E-state index contributed by atoms with van der Waals surface area (Å²) in [5, 5.41) is 41.6. The molecule has 6 aliphatic rings. The van der Waals surface area contributed by atoms with Crippen molar-refractivity contribution in [2.45, 2.75) is 113 Å². The molecule has 4 aromatic carbocycles. The number of hydrogen-bond donors (Lipinski definition) is 4. The van der Waals surface area contributed by atoms with Crippen molar-refractivity contribution in [2.24, 2.45) is 23.7 Å². The molecule has 372 valence electrons. The van der Waals surface area contributed by atoms with Gasteiger partial charge in [0.15, 0.2) is 0 Å². The summed E-state index contributed by atoms with van der Waals surface area (Å²) in [6.07, 6.45) is 16.4. The summed E-state index contributed by atoms with van der Waals surface area (Å²) in [6, 6.07) is 22.9. The molecule has 2 fully saturated rings. The summed E-state index contributed by atoms with van der Waals surface area (Å²) in [5.74, 6) is 1.48. The Hall–Kier alpha value is -5.00. The van der Waals surface area contributed by atoms with Gasteiger partial charge in [0.25, 0.3) is 0 Å². The molecule has 0 radical (unpaired) electrons. The zero-order chi connectivity index (χ0) is 49.2. The highest BCUT2D eigenvalue weighted by molar-refractivity contribution is 6.31. The third-order valence-electron chi connectivity index (χ3n) is 16.7. The van der Waals surface area contributed by atoms with Crippen LogP contribution >= 0.6 is 23.2 Å². The quantitative estimate of drug-likeness (QED) is 0.0903. The molecule has 0 bridgehead atoms. The van der Waals surface area contributed by atoms with E-state index in [0.717, 1.165) is 136 Å². The molecule has 0 amide bonds. The molecule has 0 aromatic heterocycles. The van der Waals surface area contributed by atoms with E-state index in [1.165, 1.54) is 22.3 Å². The van der Waals surface area contributed by atoms with Gasteiger partial charge in [0.2, 0.25) is 0 Å². The second-order valence-electron chi connectivity index (χ2n) is 21.2. The Morgan fingerprint density at radius 2 is 1.04 bits per heavy atom. The Bertz CT molecular complexity index is 2410. The monoisotopic (exact) mass is 990 g/mol. The van der Waals surface area contributed by atoms with Crippen molar-refractivity contribution >= 4 is 46.5 Å². The number of aryl methyl sites for hydroxylation is 2. The number of aliphatic hydroxyl groups excluding tert-OH is 2. The van der Waals surface area contributed by atoms with E-state index in [2.05, 4.69) is 47.2 Å². The Morgan fingerprint density at radius 1 is 0.629 bits per heavy atom. The molecule has 2 aliphatic heterocycles. The van der Waals surface area contributed by atoms with Crippen molar-refractivity contribution in [3.05, 3.63) is 142 Å². The molecular formula is C58H68Cl2N2O8. The Kier molecular flexibility index (Phi) is 15.3. The van der Waals surface area contributed by atoms with E-state index in [-0.39, 0.29) is 34.2 Å². The average Bonchev–Trinajstić information content (AvgIpc) is 3.58. The first-order chi connectivity index (χ1) is 33.8. The van der Waals surface area contributed by atoms with Crippen LogP contribution in [0.3, 0.4) is 0 Å². The predicted molar refractivity (Wildman–Crippen MR) is 278 cm³/mol. The van der Waals surface area contributed by atoms with Crippen molar-refractivity contribution < 1.29 is 39.5 Å². The predicted octanol–water partition coefficient (Wildman–Crippen LogP) is 11.7. The fourth-order valence-electron chi connectivity index (χ4n) is 12.7. The standard InChI is InChI=1S/2C29H34ClNO4/c2*1-2-4-24(32)14-19-6-7-22(19)16-31-17-29(12-3-5-20-13-23(30)9-10-25(20)29)18-35-27-11-8-21(28(33)34)15-26(27)31/h2*2,8-11,13,15,19,22,24,32H,1,3-7,12,14,16-18H2,(H,33,34)/t19-,22-,24+,29-;19-,22-,24-,29-/m00/s1. The molecular weight excluding hydrogens is 924 g/mol. The van der Waals surface area contributed by atoms with Gasteiger partial charge in [-0.05, 0) is 196 Å². The van der Waals surface area contributed by atoms with Gasteiger partial charge in [-0.15, -0.1) is 13.2 Å². The number of carbonyl (C=O) groups is 2. The summed E-state index contributed by atoms with van der Waals surface area (Å²) >= 11 is 12.7. The van der Waals surface area contributed by atoms with Crippen molar-refractivity contribution in [1.82, 2.24) is 0 Å². The number of benzene rings is 4. The lowest BCUT2D eigenvalue weighted by Gasteiger charge is -2.45. The highest BCUT2D eigenvalue weighted by Gasteiger charge is 2.45. The van der Waals surface area contributed by atoms with Crippen molar-refractivity contribution in [3.63, 3.8) is 0 Å². The number of ether oxygens (including phenoxy) is 2. The SMILES string of the molecule is C=CC[C@@H](O)C[C@@H]1CC[C@H]1CN1C[C@@]2(CCCc3cc(Cl)ccc32)COc2ccc(C(=O)O)cc21.C=CC[C@H](O)C[C@@H]1CC[C@H]1CN1C[C@@]2(CCCc3cc(Cl)ccc32)COc2ccc(C(=O)O)cc21. The van der Waals surface area contributed by atoms with Crippen molar-refractivity contribution in [1.29, 1.82) is 0 Å². The Balaban J connectivity index is 0.000000174. The van der Waals surface area contributed by atoms with Crippen molar-refractivity contribution in [2.75, 3.05) is 49.2 Å². The summed E-state index contributed by atoms with van der Waals surface area (Å²) in [5.41, 5.74) is 7.10. The van der Waals surface area contributed by atoms with E-state index in [0.29, 0.717) is 49.7 Å². The van der Waals surface area contributed by atoms with E-state index in [1.807, 2.05) is 24.3 Å². The lowest BCUT2D eigenvalue weighted by molar-refractivity contribution is 0.0686. The first-order valence-corrected chi connectivity index (χ1v) is 26.2. The smallest absolute Gasteiger partial charge is 0.335 e. The second kappa shape index (κ2) is 21.4. The minimum atomic E-state index is -0.932. The minimum Gasteiger partial charge on any atom is -0.490 e. The second-order valence-corrected chi connectivity index (χ2v) is 22.1. The number of nitrogens with zero attached hydrogens (tertiary/aromatic N) is 2. The maximum atomic E-state index is 11.8. The summed E-state index contributed by atoms with van der Waals surface area (Å²) in [6.45, 7) is 11.8. The van der Waals surface area contributed by atoms with Crippen LogP contribution in [0.2, 0.25) is 10.0 Å². The van der Waals surface area contributed by atoms with Gasteiger partial charge in [0, 0.05) is 47.1 Å². The molecule has 2 saturated carbocycles. The number of aromatic carboxylic acids is 2. The number of hydrogen-bond acceptors (Lipinski definition) is 8. The van der Waals surface area contributed by atoms with Gasteiger partial charge in [-0.2, -0.15) is 0 Å². The fraction of sp³-hybridized carbons (Fsp3) is 0.483. The number of rotatable bonds is 14. The Labute approximate surface area is 422 Å².